The van der Waals surface area contributed by atoms with Gasteiger partial charge in [0.1, 0.15) is 4.90 Å². The lowest BCUT2D eigenvalue weighted by Gasteiger charge is -2.05. The van der Waals surface area contributed by atoms with Gasteiger partial charge in [-0.3, -0.25) is 4.79 Å². The highest BCUT2D eigenvalue weighted by Crippen LogP contribution is 2.28. The summed E-state index contributed by atoms with van der Waals surface area (Å²) >= 11 is 0. The molecule has 7 heteroatoms. The maximum atomic E-state index is 11.7. The van der Waals surface area contributed by atoms with Crippen LogP contribution in [0.2, 0.25) is 0 Å². The van der Waals surface area contributed by atoms with E-state index in [1.165, 1.54) is 6.20 Å². The Bertz CT molecular complexity index is 794. The van der Waals surface area contributed by atoms with E-state index >= 15 is 0 Å². The zero-order valence-electron chi connectivity index (χ0n) is 11.3. The van der Waals surface area contributed by atoms with Crippen molar-refractivity contribution in [2.45, 2.75) is 36.7 Å². The van der Waals surface area contributed by atoms with Crippen LogP contribution in [0.4, 0.5) is 0 Å². The van der Waals surface area contributed by atoms with E-state index < -0.39 is 9.05 Å². The van der Waals surface area contributed by atoms with Gasteiger partial charge in [0.15, 0.2) is 0 Å². The molecule has 1 N–H and O–H groups in total. The molecule has 2 aromatic rings. The molecule has 112 valence electrons. The molecule has 0 bridgehead atoms. The number of aryl methyl sites for hydroxylation is 1. The maximum Gasteiger partial charge on any atom is 0.263 e. The molecule has 0 radical (unpaired) electrons. The Kier molecular flexibility index (Phi) is 3.67. The van der Waals surface area contributed by atoms with Gasteiger partial charge in [0.05, 0.1) is 0 Å². The number of benzene rings is 1. The van der Waals surface area contributed by atoms with E-state index in [9.17, 15) is 13.2 Å². The van der Waals surface area contributed by atoms with Crippen molar-refractivity contribution in [3.63, 3.8) is 0 Å². The third-order valence-electron chi connectivity index (χ3n) is 3.54. The Morgan fingerprint density at radius 3 is 2.71 bits per heavy atom. The van der Waals surface area contributed by atoms with Crippen molar-refractivity contribution in [2.24, 2.45) is 0 Å². The van der Waals surface area contributed by atoms with Crippen molar-refractivity contribution in [1.29, 1.82) is 0 Å². The molecular formula is C14H15ClN2O3S. The minimum absolute atomic E-state index is 0.00874. The highest BCUT2D eigenvalue weighted by molar-refractivity contribution is 8.14. The third-order valence-corrected chi connectivity index (χ3v) is 4.89. The lowest BCUT2D eigenvalue weighted by molar-refractivity contribution is -0.121. The van der Waals surface area contributed by atoms with Crippen LogP contribution < -0.4 is 5.32 Å². The highest BCUT2D eigenvalue weighted by Gasteiger charge is 2.23. The minimum atomic E-state index is -3.81. The van der Waals surface area contributed by atoms with Gasteiger partial charge < -0.3 is 9.88 Å². The molecule has 1 amide bonds. The van der Waals surface area contributed by atoms with Gasteiger partial charge in [-0.2, -0.15) is 0 Å². The van der Waals surface area contributed by atoms with Gasteiger partial charge >= 0.3 is 0 Å². The van der Waals surface area contributed by atoms with Gasteiger partial charge in [-0.05, 0) is 18.9 Å². The summed E-state index contributed by atoms with van der Waals surface area (Å²) in [4.78, 5) is 11.8. The number of hydrogen-bond donors (Lipinski definition) is 1. The number of halogens is 1. The van der Waals surface area contributed by atoms with Crippen LogP contribution in [0.1, 0.15) is 19.3 Å². The number of nitrogens with one attached hydrogen (secondary N) is 1. The monoisotopic (exact) mass is 326 g/mol. The molecule has 0 spiro atoms. The molecular weight excluding hydrogens is 312 g/mol. The second-order valence-electron chi connectivity index (χ2n) is 5.23. The van der Waals surface area contributed by atoms with Crippen LogP contribution in [-0.4, -0.2) is 24.9 Å². The van der Waals surface area contributed by atoms with E-state index in [0.717, 1.165) is 18.4 Å². The van der Waals surface area contributed by atoms with Gasteiger partial charge in [0.2, 0.25) is 5.91 Å². The van der Waals surface area contributed by atoms with Crippen LogP contribution in [0.15, 0.2) is 35.4 Å². The maximum absolute atomic E-state index is 11.7. The molecule has 1 aromatic carbocycles. The molecule has 0 atom stereocenters. The van der Waals surface area contributed by atoms with Crippen LogP contribution in [-0.2, 0) is 20.4 Å². The van der Waals surface area contributed by atoms with E-state index in [1.54, 1.807) is 16.7 Å². The van der Waals surface area contributed by atoms with Crippen molar-refractivity contribution in [3.8, 4) is 0 Å². The Balaban J connectivity index is 1.86. The number of carbonyl (C=O) groups is 1. The first-order valence-electron chi connectivity index (χ1n) is 6.77. The number of amides is 1. The Morgan fingerprint density at radius 2 is 2.05 bits per heavy atom. The lowest BCUT2D eigenvalue weighted by atomic mass is 10.2. The fourth-order valence-electron chi connectivity index (χ4n) is 2.34. The molecule has 3 rings (SSSR count). The van der Waals surface area contributed by atoms with Crippen molar-refractivity contribution in [2.75, 3.05) is 0 Å². The summed E-state index contributed by atoms with van der Waals surface area (Å²) in [6.45, 7) is 0.422. The van der Waals surface area contributed by atoms with E-state index in [-0.39, 0.29) is 10.8 Å². The van der Waals surface area contributed by atoms with Crippen molar-refractivity contribution in [1.82, 2.24) is 9.88 Å². The normalized spacial score (nSPS) is 15.3. The predicted octanol–water partition coefficient (Wildman–Crippen LogP) is 2.24. The molecule has 1 heterocycles. The molecule has 0 aliphatic heterocycles. The zero-order valence-corrected chi connectivity index (χ0v) is 12.8. The van der Waals surface area contributed by atoms with E-state index in [4.69, 9.17) is 10.7 Å². The summed E-state index contributed by atoms with van der Waals surface area (Å²) in [5.41, 5.74) is 0.760. The topological polar surface area (TPSA) is 68.2 Å². The molecule has 0 saturated heterocycles. The largest absolute Gasteiger partial charge is 0.353 e. The number of fused-ring (bicyclic) bond motifs is 1. The molecule has 0 unspecified atom stereocenters. The lowest BCUT2D eigenvalue weighted by Crippen LogP contribution is -2.26. The van der Waals surface area contributed by atoms with Crippen molar-refractivity contribution in [3.05, 3.63) is 30.5 Å². The summed E-state index contributed by atoms with van der Waals surface area (Å²) in [5, 5.41) is 3.49. The number of hydrogen-bond acceptors (Lipinski definition) is 3. The first kappa shape index (κ1) is 14.4. The fraction of sp³-hybridized carbons (Fsp3) is 0.357. The number of para-hydroxylation sites is 1. The van der Waals surface area contributed by atoms with Gasteiger partial charge in [0.25, 0.3) is 9.05 Å². The van der Waals surface area contributed by atoms with Gasteiger partial charge in [-0.1, -0.05) is 18.2 Å². The predicted molar refractivity (Wildman–Crippen MR) is 80.8 cm³/mol. The number of aromatic nitrogens is 1. The second kappa shape index (κ2) is 5.35. The van der Waals surface area contributed by atoms with E-state index in [2.05, 4.69) is 5.32 Å². The summed E-state index contributed by atoms with van der Waals surface area (Å²) in [6, 6.07) is 7.45. The zero-order chi connectivity index (χ0) is 15.0. The standard InChI is InChI=1S/C14H15ClN2O3S/c15-21(19,20)13-9-17(12-4-2-1-3-11(12)13)8-7-14(18)16-10-5-6-10/h1-4,9-10H,5-8H2,(H,16,18). The molecule has 1 aliphatic rings. The van der Waals surface area contributed by atoms with E-state index in [1.807, 2.05) is 12.1 Å². The second-order valence-corrected chi connectivity index (χ2v) is 7.77. The van der Waals surface area contributed by atoms with E-state index in [0.29, 0.717) is 24.4 Å². The minimum Gasteiger partial charge on any atom is -0.353 e. The van der Waals surface area contributed by atoms with Gasteiger partial charge in [0, 0.05) is 46.8 Å². The SMILES string of the molecule is O=C(CCn1cc(S(=O)(=O)Cl)c2ccccc21)NC1CC1. The number of rotatable bonds is 5. The summed E-state index contributed by atoms with van der Waals surface area (Å²) < 4.78 is 25.0. The van der Waals surface area contributed by atoms with Gasteiger partial charge in [-0.15, -0.1) is 0 Å². The van der Waals surface area contributed by atoms with Crippen LogP contribution in [0.3, 0.4) is 0 Å². The molecule has 1 aromatic heterocycles. The van der Waals surface area contributed by atoms with Crippen LogP contribution in [0.5, 0.6) is 0 Å². The molecule has 21 heavy (non-hydrogen) atoms. The first-order chi connectivity index (χ1) is 9.95. The quantitative estimate of drug-likeness (QED) is 0.857. The Morgan fingerprint density at radius 1 is 1.33 bits per heavy atom. The first-order valence-corrected chi connectivity index (χ1v) is 9.08. The van der Waals surface area contributed by atoms with Crippen molar-refractivity contribution >= 4 is 36.5 Å². The summed E-state index contributed by atoms with van der Waals surface area (Å²) in [6.07, 6.45) is 3.91. The van der Waals surface area contributed by atoms with Crippen LogP contribution >= 0.6 is 10.7 Å². The van der Waals surface area contributed by atoms with Crippen LogP contribution in [0, 0.1) is 0 Å². The molecule has 5 nitrogen and oxygen atoms in total. The highest BCUT2D eigenvalue weighted by atomic mass is 35.7. The average Bonchev–Trinajstić information content (AvgIpc) is 3.14. The fourth-order valence-corrected chi connectivity index (χ4v) is 3.40. The Labute approximate surface area is 127 Å². The molecule has 1 fully saturated rings. The summed E-state index contributed by atoms with van der Waals surface area (Å²) in [7, 11) is 1.66. The number of carbonyl (C=O) groups excluding carboxylic acids is 1. The number of nitrogens with zero attached hydrogens (tertiary/aromatic N) is 1. The Hall–Kier alpha value is -1.53. The average molecular weight is 327 g/mol. The third kappa shape index (κ3) is 3.22. The van der Waals surface area contributed by atoms with Gasteiger partial charge in [-0.25, -0.2) is 8.42 Å². The van der Waals surface area contributed by atoms with Crippen molar-refractivity contribution < 1.29 is 13.2 Å². The summed E-state index contributed by atoms with van der Waals surface area (Å²) in [5.74, 6) is -0.00874. The molecule has 1 saturated carbocycles. The molecule has 1 aliphatic carbocycles. The smallest absolute Gasteiger partial charge is 0.263 e. The van der Waals surface area contributed by atoms with Crippen LogP contribution in [0.25, 0.3) is 10.9 Å².